The number of amides is 2. The predicted molar refractivity (Wildman–Crippen MR) is 109 cm³/mol. The van der Waals surface area contributed by atoms with Crippen LogP contribution in [0.25, 0.3) is 10.9 Å². The van der Waals surface area contributed by atoms with E-state index in [2.05, 4.69) is 15.6 Å². The Morgan fingerprint density at radius 2 is 1.74 bits per heavy atom. The highest BCUT2D eigenvalue weighted by atomic mass is 19.2. The van der Waals surface area contributed by atoms with E-state index in [1.807, 2.05) is 25.1 Å². The van der Waals surface area contributed by atoms with Crippen LogP contribution in [0.5, 0.6) is 0 Å². The second-order valence-corrected chi connectivity index (χ2v) is 6.85. The van der Waals surface area contributed by atoms with Gasteiger partial charge in [0.1, 0.15) is 0 Å². The monoisotopic (exact) mass is 427 g/mol. The number of ether oxygens (including phenoxy) is 1. The first-order valence-electron chi connectivity index (χ1n) is 9.29. The number of hydrogen-bond acceptors (Lipinski definition) is 5. The van der Waals surface area contributed by atoms with Crippen molar-refractivity contribution in [2.75, 3.05) is 18.5 Å². The van der Waals surface area contributed by atoms with Gasteiger partial charge in [-0.3, -0.25) is 14.6 Å². The minimum Gasteiger partial charge on any atom is -0.452 e. The number of nitrogens with zero attached hydrogens (tertiary/aromatic N) is 1. The predicted octanol–water partition coefficient (Wildman–Crippen LogP) is 3.04. The number of esters is 1. The second kappa shape index (κ2) is 9.29. The number of halogens is 2. The molecular weight excluding hydrogens is 408 g/mol. The van der Waals surface area contributed by atoms with Crippen molar-refractivity contribution in [1.82, 2.24) is 10.3 Å². The van der Waals surface area contributed by atoms with E-state index < -0.39 is 42.6 Å². The fraction of sp³-hybridized carbons (Fsp3) is 0.182. The van der Waals surface area contributed by atoms with Crippen molar-refractivity contribution >= 4 is 34.4 Å². The van der Waals surface area contributed by atoms with Crippen LogP contribution in [0.4, 0.5) is 14.5 Å². The summed E-state index contributed by atoms with van der Waals surface area (Å²) in [5.74, 6) is -4.22. The molecule has 0 bridgehead atoms. The zero-order valence-electron chi connectivity index (χ0n) is 16.8. The van der Waals surface area contributed by atoms with Crippen LogP contribution in [0.2, 0.25) is 0 Å². The smallest absolute Gasteiger partial charge is 0.340 e. The van der Waals surface area contributed by atoms with Crippen molar-refractivity contribution in [1.29, 1.82) is 0 Å². The number of aryl methyl sites for hydroxylation is 2. The molecule has 160 valence electrons. The highest BCUT2D eigenvalue weighted by Crippen LogP contribution is 2.19. The molecule has 0 aliphatic rings. The molecule has 0 atom stereocenters. The Morgan fingerprint density at radius 1 is 0.968 bits per heavy atom. The highest BCUT2D eigenvalue weighted by molar-refractivity contribution is 5.97. The fourth-order valence-corrected chi connectivity index (χ4v) is 2.82. The van der Waals surface area contributed by atoms with Crippen LogP contribution in [0.1, 0.15) is 21.6 Å². The Morgan fingerprint density at radius 3 is 2.48 bits per heavy atom. The quantitative estimate of drug-likeness (QED) is 0.590. The van der Waals surface area contributed by atoms with E-state index >= 15 is 0 Å². The number of aromatic nitrogens is 1. The van der Waals surface area contributed by atoms with Gasteiger partial charge in [0.25, 0.3) is 5.91 Å². The summed E-state index contributed by atoms with van der Waals surface area (Å²) in [5, 5.41) is 5.36. The lowest BCUT2D eigenvalue weighted by Crippen LogP contribution is -2.35. The van der Waals surface area contributed by atoms with Crippen LogP contribution in [0.3, 0.4) is 0 Å². The summed E-state index contributed by atoms with van der Waals surface area (Å²) >= 11 is 0. The number of carbonyl (C=O) groups excluding carboxylic acids is 3. The van der Waals surface area contributed by atoms with Gasteiger partial charge in [0.2, 0.25) is 5.91 Å². The van der Waals surface area contributed by atoms with E-state index in [9.17, 15) is 23.2 Å². The number of anilines is 1. The fourth-order valence-electron chi connectivity index (χ4n) is 2.82. The molecule has 1 aromatic heterocycles. The van der Waals surface area contributed by atoms with Crippen molar-refractivity contribution in [2.45, 2.75) is 13.8 Å². The van der Waals surface area contributed by atoms with Gasteiger partial charge in [-0.2, -0.15) is 0 Å². The molecule has 0 fully saturated rings. The minimum atomic E-state index is -1.11. The van der Waals surface area contributed by atoms with Crippen molar-refractivity contribution in [3.05, 3.63) is 70.9 Å². The van der Waals surface area contributed by atoms with Crippen molar-refractivity contribution < 1.29 is 27.9 Å². The first kappa shape index (κ1) is 21.8. The molecule has 9 heteroatoms. The van der Waals surface area contributed by atoms with Gasteiger partial charge in [0.15, 0.2) is 18.2 Å². The lowest BCUT2D eigenvalue weighted by atomic mass is 10.1. The minimum absolute atomic E-state index is 0.0408. The average Bonchev–Trinajstić information content (AvgIpc) is 2.73. The number of fused-ring (bicyclic) bond motifs is 1. The van der Waals surface area contributed by atoms with Gasteiger partial charge in [-0.25, -0.2) is 13.6 Å². The van der Waals surface area contributed by atoms with Crippen LogP contribution in [0.15, 0.2) is 42.5 Å². The van der Waals surface area contributed by atoms with Gasteiger partial charge in [-0.1, -0.05) is 11.6 Å². The highest BCUT2D eigenvalue weighted by Gasteiger charge is 2.15. The summed E-state index contributed by atoms with van der Waals surface area (Å²) in [6, 6.07) is 10.2. The number of carbonyl (C=O) groups is 3. The van der Waals surface area contributed by atoms with Crippen LogP contribution < -0.4 is 10.6 Å². The average molecular weight is 427 g/mol. The van der Waals surface area contributed by atoms with Gasteiger partial charge in [-0.05, 0) is 44.2 Å². The van der Waals surface area contributed by atoms with Crippen molar-refractivity contribution in [3.63, 3.8) is 0 Å². The van der Waals surface area contributed by atoms with Gasteiger partial charge in [-0.15, -0.1) is 0 Å². The third-order valence-corrected chi connectivity index (χ3v) is 4.36. The summed E-state index contributed by atoms with van der Waals surface area (Å²) in [7, 11) is 0. The summed E-state index contributed by atoms with van der Waals surface area (Å²) in [4.78, 5) is 40.4. The van der Waals surface area contributed by atoms with Crippen LogP contribution in [-0.4, -0.2) is 35.9 Å². The number of hydrogen-bond donors (Lipinski definition) is 2. The molecule has 0 aliphatic carbocycles. The number of rotatable bonds is 6. The maximum absolute atomic E-state index is 13.1. The molecule has 0 saturated heterocycles. The zero-order chi connectivity index (χ0) is 22.5. The Balaban J connectivity index is 1.51. The number of benzene rings is 2. The molecule has 0 saturated carbocycles. The second-order valence-electron chi connectivity index (χ2n) is 6.85. The maximum atomic E-state index is 13.1. The van der Waals surface area contributed by atoms with Gasteiger partial charge < -0.3 is 15.4 Å². The van der Waals surface area contributed by atoms with Gasteiger partial charge >= 0.3 is 5.97 Å². The normalized spacial score (nSPS) is 10.6. The SMILES string of the molecule is Cc1ccc2nc(C)c(C(=O)OCC(=O)NCC(=O)Nc3ccc(F)c(F)c3)cc2c1. The Kier molecular flexibility index (Phi) is 6.54. The molecule has 0 radical (unpaired) electrons. The summed E-state index contributed by atoms with van der Waals surface area (Å²) < 4.78 is 31.1. The molecule has 0 aliphatic heterocycles. The number of nitrogens with one attached hydrogen (secondary N) is 2. The molecule has 0 spiro atoms. The van der Waals surface area contributed by atoms with Crippen LogP contribution >= 0.6 is 0 Å². The first-order valence-corrected chi connectivity index (χ1v) is 9.29. The number of pyridine rings is 1. The molecule has 3 rings (SSSR count). The molecule has 7 nitrogen and oxygen atoms in total. The molecule has 3 aromatic rings. The molecule has 31 heavy (non-hydrogen) atoms. The van der Waals surface area contributed by atoms with E-state index in [1.54, 1.807) is 13.0 Å². The maximum Gasteiger partial charge on any atom is 0.340 e. The Hall–Kier alpha value is -3.88. The summed E-state index contributed by atoms with van der Waals surface area (Å²) in [6.07, 6.45) is 0. The first-order chi connectivity index (χ1) is 14.7. The summed E-state index contributed by atoms with van der Waals surface area (Å²) in [6.45, 7) is 2.55. The third-order valence-electron chi connectivity index (χ3n) is 4.36. The van der Waals surface area contributed by atoms with Gasteiger partial charge in [0, 0.05) is 17.1 Å². The van der Waals surface area contributed by atoms with Crippen LogP contribution in [0, 0.1) is 25.5 Å². The van der Waals surface area contributed by atoms with Crippen molar-refractivity contribution in [3.8, 4) is 0 Å². The molecule has 2 N–H and O–H groups in total. The lowest BCUT2D eigenvalue weighted by molar-refractivity contribution is -0.126. The molecule has 2 aromatic carbocycles. The molecular formula is C22H19F2N3O4. The van der Waals surface area contributed by atoms with E-state index in [0.717, 1.165) is 28.6 Å². The topological polar surface area (TPSA) is 97.4 Å². The van der Waals surface area contributed by atoms with E-state index in [0.29, 0.717) is 5.69 Å². The molecule has 0 unspecified atom stereocenters. The Bertz CT molecular complexity index is 1180. The summed E-state index contributed by atoms with van der Waals surface area (Å²) in [5.41, 5.74) is 2.50. The standard InChI is InChI=1S/C22H19F2N3O4/c1-12-3-6-19-14(7-12)8-16(13(2)26-19)22(30)31-11-21(29)25-10-20(28)27-15-4-5-17(23)18(24)9-15/h3-9H,10-11H2,1-2H3,(H,25,29)(H,27,28). The van der Waals surface area contributed by atoms with E-state index in [-0.39, 0.29) is 11.3 Å². The Labute approximate surface area is 176 Å². The molecule has 2 amide bonds. The van der Waals surface area contributed by atoms with Gasteiger partial charge in [0.05, 0.1) is 23.3 Å². The van der Waals surface area contributed by atoms with E-state index in [1.165, 1.54) is 6.07 Å². The lowest BCUT2D eigenvalue weighted by Gasteiger charge is -2.10. The largest absolute Gasteiger partial charge is 0.452 e. The van der Waals surface area contributed by atoms with E-state index in [4.69, 9.17) is 4.74 Å². The zero-order valence-corrected chi connectivity index (χ0v) is 16.8. The third kappa shape index (κ3) is 5.59. The van der Waals surface area contributed by atoms with Crippen molar-refractivity contribution in [2.24, 2.45) is 0 Å². The molecule has 1 heterocycles. The van der Waals surface area contributed by atoms with Crippen LogP contribution in [-0.2, 0) is 14.3 Å².